The van der Waals surface area contributed by atoms with E-state index in [0.29, 0.717) is 0 Å². The average Bonchev–Trinajstić information content (AvgIpc) is 0. The fourth-order valence-corrected chi connectivity index (χ4v) is 0. The number of hydrogen-bond donors (Lipinski definition) is 0. The zero-order valence-corrected chi connectivity index (χ0v) is 4.52. The van der Waals surface area contributed by atoms with Crippen LogP contribution in [0.2, 0.25) is 0 Å². The van der Waals surface area contributed by atoms with E-state index in [1.165, 1.54) is 0 Å². The normalized spacial score (nSPS) is 0. The van der Waals surface area contributed by atoms with Crippen LogP contribution in [0.25, 0.3) is 0 Å². The molecular weight excluding hydrogens is 222 g/mol. The van der Waals surface area contributed by atoms with Gasteiger partial charge in [-0.15, -0.1) is 0 Å². The van der Waals surface area contributed by atoms with Crippen LogP contribution in [-0.2, 0) is 51.2 Å². The zero-order chi connectivity index (χ0) is 0. The fraction of sp³-hybridized carbons (Fsp3) is 0. The first kappa shape index (κ1) is 54.6. The molecule has 0 unspecified atom stereocenters. The Hall–Kier alpha value is 2.31. The molecule has 0 aliphatic carbocycles. The van der Waals surface area contributed by atoms with Crippen LogP contribution in [0.4, 0.5) is 0 Å². The molecule has 0 N–H and O–H groups in total. The molecule has 0 spiro atoms. The quantitative estimate of drug-likeness (QED) is 0.398. The summed E-state index contributed by atoms with van der Waals surface area (Å²) in [6.07, 6.45) is 0. The molecule has 0 aliphatic heterocycles. The second-order valence-electron chi connectivity index (χ2n) is 0. The van der Waals surface area contributed by atoms with Crippen molar-refractivity contribution in [2.45, 2.75) is 0 Å². The summed E-state index contributed by atoms with van der Waals surface area (Å²) in [6.45, 7) is 0. The summed E-state index contributed by atoms with van der Waals surface area (Å²) in [5.74, 6) is 0. The molecule has 0 saturated heterocycles. The van der Waals surface area contributed by atoms with Crippen LogP contribution < -0.4 is 0 Å². The van der Waals surface area contributed by atoms with Crippen molar-refractivity contribution in [2.24, 2.45) is 0 Å². The SMILES string of the molecule is [AlH3].[Co].[Cr].[Fe].[SiH4]. The molecule has 1 radical (unpaired) electrons. The van der Waals surface area contributed by atoms with Crippen molar-refractivity contribution >= 4 is 28.3 Å². The first-order valence-corrected chi connectivity index (χ1v) is 0. The van der Waals surface area contributed by atoms with Gasteiger partial charge in [-0.1, -0.05) is 0 Å². The molecule has 37 valence electrons. The summed E-state index contributed by atoms with van der Waals surface area (Å²) >= 11 is 0. The first-order valence-electron chi connectivity index (χ1n) is 0. The van der Waals surface area contributed by atoms with Gasteiger partial charge in [0.05, 0.1) is 0 Å². The number of rotatable bonds is 0. The van der Waals surface area contributed by atoms with Gasteiger partial charge in [0.15, 0.2) is 17.4 Å². The molecule has 0 saturated carbocycles. The van der Waals surface area contributed by atoms with E-state index >= 15 is 0 Å². The molecule has 0 bridgehead atoms. The van der Waals surface area contributed by atoms with E-state index in [0.717, 1.165) is 0 Å². The Morgan fingerprint density at radius 3 is 1.00 bits per heavy atom. The molecular formula is H7AlCoCrFeSi. The Morgan fingerprint density at radius 2 is 1.00 bits per heavy atom. The minimum atomic E-state index is 0. The molecule has 5 heteroatoms. The van der Waals surface area contributed by atoms with Crippen molar-refractivity contribution < 1.29 is 51.2 Å². The molecule has 0 aromatic heterocycles. The van der Waals surface area contributed by atoms with Crippen molar-refractivity contribution in [2.75, 3.05) is 0 Å². The fourth-order valence-electron chi connectivity index (χ4n) is 0. The van der Waals surface area contributed by atoms with Gasteiger partial charge in [-0.25, -0.2) is 0 Å². The third-order valence-electron chi connectivity index (χ3n) is 0. The van der Waals surface area contributed by atoms with Crippen molar-refractivity contribution in [1.29, 1.82) is 0 Å². The van der Waals surface area contributed by atoms with Crippen molar-refractivity contribution in [3.63, 3.8) is 0 Å². The summed E-state index contributed by atoms with van der Waals surface area (Å²) in [7, 11) is 0. The van der Waals surface area contributed by atoms with Crippen LogP contribution >= 0.6 is 0 Å². The molecule has 0 atom stereocenters. The Bertz CT molecular complexity index is 11.6. The summed E-state index contributed by atoms with van der Waals surface area (Å²) in [6, 6.07) is 0. The van der Waals surface area contributed by atoms with Gasteiger partial charge in [-0.2, -0.15) is 0 Å². The third-order valence-corrected chi connectivity index (χ3v) is 0. The van der Waals surface area contributed by atoms with Crippen LogP contribution in [-0.4, -0.2) is 28.3 Å². The third kappa shape index (κ3) is 22.0. The van der Waals surface area contributed by atoms with Gasteiger partial charge >= 0.3 is 0 Å². The van der Waals surface area contributed by atoms with Crippen LogP contribution in [0.5, 0.6) is 0 Å². The van der Waals surface area contributed by atoms with Gasteiger partial charge in [-0.3, -0.25) is 0 Å². The van der Waals surface area contributed by atoms with Crippen LogP contribution in [0.15, 0.2) is 0 Å². The second-order valence-corrected chi connectivity index (χ2v) is 0. The van der Waals surface area contributed by atoms with Crippen molar-refractivity contribution in [3.05, 3.63) is 0 Å². The van der Waals surface area contributed by atoms with E-state index in [9.17, 15) is 0 Å². The van der Waals surface area contributed by atoms with E-state index in [4.69, 9.17) is 0 Å². The van der Waals surface area contributed by atoms with E-state index in [2.05, 4.69) is 0 Å². The minimum Gasteiger partial charge on any atom is -0.0149 e. The zero-order valence-electron chi connectivity index (χ0n) is 1.10. The topological polar surface area (TPSA) is 0 Å². The Labute approximate surface area is 78.8 Å². The Kier molecular flexibility index (Phi) is 364. The van der Waals surface area contributed by atoms with Crippen LogP contribution in [0.1, 0.15) is 0 Å². The molecule has 0 heterocycles. The summed E-state index contributed by atoms with van der Waals surface area (Å²) in [4.78, 5) is 0. The molecule has 0 aromatic carbocycles. The Morgan fingerprint density at radius 1 is 1.00 bits per heavy atom. The van der Waals surface area contributed by atoms with Crippen molar-refractivity contribution in [3.8, 4) is 0 Å². The van der Waals surface area contributed by atoms with Crippen LogP contribution in [0.3, 0.4) is 0 Å². The summed E-state index contributed by atoms with van der Waals surface area (Å²) in [5.41, 5.74) is 0. The Balaban J connectivity index is 0. The largest absolute Gasteiger partial charge is 0.187 e. The van der Waals surface area contributed by atoms with Gasteiger partial charge in [0, 0.05) is 51.2 Å². The number of hydrogen-bond acceptors (Lipinski definition) is 0. The molecule has 0 aliphatic rings. The van der Waals surface area contributed by atoms with E-state index < -0.39 is 0 Å². The molecule has 0 nitrogen and oxygen atoms in total. The van der Waals surface area contributed by atoms with E-state index in [-0.39, 0.29) is 79.5 Å². The molecule has 0 amide bonds. The maximum atomic E-state index is 0. The maximum absolute atomic E-state index is 0. The monoisotopic (exact) mass is 229 g/mol. The molecule has 0 aromatic rings. The van der Waals surface area contributed by atoms with Gasteiger partial charge in [-0.05, 0) is 11.0 Å². The summed E-state index contributed by atoms with van der Waals surface area (Å²) in [5, 5.41) is 0. The standard InChI is InChI=1S/Al.Co.Cr.Fe.H4Si.3H/h;;;;1H4;;;. The maximum Gasteiger partial charge on any atom is 0.187 e. The average molecular weight is 229 g/mol. The van der Waals surface area contributed by atoms with Gasteiger partial charge < -0.3 is 0 Å². The van der Waals surface area contributed by atoms with E-state index in [1.807, 2.05) is 0 Å². The van der Waals surface area contributed by atoms with Crippen LogP contribution in [0, 0.1) is 0 Å². The van der Waals surface area contributed by atoms with E-state index in [1.54, 1.807) is 0 Å². The molecule has 0 rings (SSSR count). The molecule has 0 fully saturated rings. The van der Waals surface area contributed by atoms with Crippen molar-refractivity contribution in [1.82, 2.24) is 0 Å². The predicted molar refractivity (Wildman–Crippen MR) is 21.3 cm³/mol. The molecule has 5 heavy (non-hydrogen) atoms. The van der Waals surface area contributed by atoms with Gasteiger partial charge in [0.1, 0.15) is 0 Å². The predicted octanol–water partition coefficient (Wildman–Crippen LogP) is -2.64. The summed E-state index contributed by atoms with van der Waals surface area (Å²) < 4.78 is 0. The minimum absolute atomic E-state index is 0. The second kappa shape index (κ2) is 33.4. The first-order chi connectivity index (χ1) is 0. The smallest absolute Gasteiger partial charge is 0.0149 e. The van der Waals surface area contributed by atoms with Gasteiger partial charge in [0.2, 0.25) is 0 Å². The van der Waals surface area contributed by atoms with Gasteiger partial charge in [0.25, 0.3) is 0 Å².